The van der Waals surface area contributed by atoms with Crippen molar-refractivity contribution >= 4 is 0 Å². The van der Waals surface area contributed by atoms with Gasteiger partial charge < -0.3 is 5.11 Å². The SMILES string of the molecule is CCC12CCN(CC3CCC3)C(C1)C(C)c1ccc(O)cc12. The molecule has 1 heterocycles. The van der Waals surface area contributed by atoms with Crippen molar-refractivity contribution in [2.75, 3.05) is 13.1 Å². The van der Waals surface area contributed by atoms with Gasteiger partial charge in [-0.2, -0.15) is 0 Å². The van der Waals surface area contributed by atoms with Crippen molar-refractivity contribution < 1.29 is 5.11 Å². The molecule has 3 unspecified atom stereocenters. The zero-order valence-electron chi connectivity index (χ0n) is 14.0. The number of fused-ring (bicyclic) bond motifs is 4. The molecule has 0 amide bonds. The summed E-state index contributed by atoms with van der Waals surface area (Å²) < 4.78 is 0. The van der Waals surface area contributed by atoms with Gasteiger partial charge in [0.1, 0.15) is 5.75 Å². The van der Waals surface area contributed by atoms with Gasteiger partial charge in [0.2, 0.25) is 0 Å². The lowest BCUT2D eigenvalue weighted by atomic mass is 9.59. The third-order valence-electron chi connectivity index (χ3n) is 7.02. The molecule has 2 fully saturated rings. The Bertz CT molecular complexity index is 565. The molecule has 0 spiro atoms. The molecule has 1 aromatic carbocycles. The summed E-state index contributed by atoms with van der Waals surface area (Å²) in [6.07, 6.45) is 8.08. The Morgan fingerprint density at radius 1 is 1.32 bits per heavy atom. The topological polar surface area (TPSA) is 23.5 Å². The molecule has 2 heteroatoms. The number of rotatable bonds is 3. The molecule has 1 saturated heterocycles. The summed E-state index contributed by atoms with van der Waals surface area (Å²) in [5, 5.41) is 9.98. The summed E-state index contributed by atoms with van der Waals surface area (Å²) in [5.41, 5.74) is 3.25. The molecule has 3 atom stereocenters. The minimum absolute atomic E-state index is 0.307. The van der Waals surface area contributed by atoms with Gasteiger partial charge in [0.15, 0.2) is 0 Å². The molecule has 2 nitrogen and oxygen atoms in total. The van der Waals surface area contributed by atoms with E-state index < -0.39 is 0 Å². The van der Waals surface area contributed by atoms with Gasteiger partial charge in [-0.1, -0.05) is 26.3 Å². The minimum atomic E-state index is 0.307. The van der Waals surface area contributed by atoms with E-state index in [1.54, 1.807) is 0 Å². The molecule has 2 aliphatic carbocycles. The van der Waals surface area contributed by atoms with Crippen LogP contribution in [-0.2, 0) is 5.41 Å². The Balaban J connectivity index is 1.69. The summed E-state index contributed by atoms with van der Waals surface area (Å²) in [6, 6.07) is 6.84. The van der Waals surface area contributed by atoms with Crippen molar-refractivity contribution in [2.24, 2.45) is 5.92 Å². The molecule has 0 aromatic heterocycles. The van der Waals surface area contributed by atoms with Crippen molar-refractivity contribution in [2.45, 2.75) is 69.7 Å². The van der Waals surface area contributed by atoms with Gasteiger partial charge in [0.25, 0.3) is 0 Å². The van der Waals surface area contributed by atoms with Crippen molar-refractivity contribution in [3.8, 4) is 5.75 Å². The van der Waals surface area contributed by atoms with Crippen LogP contribution < -0.4 is 0 Å². The second kappa shape index (κ2) is 5.26. The van der Waals surface area contributed by atoms with Crippen LogP contribution in [-0.4, -0.2) is 29.1 Å². The first-order valence-corrected chi connectivity index (χ1v) is 9.20. The number of aromatic hydroxyl groups is 1. The fourth-order valence-electron chi connectivity index (χ4n) is 5.25. The Morgan fingerprint density at radius 2 is 2.14 bits per heavy atom. The predicted octanol–water partition coefficient (Wildman–Crippen LogP) is 4.42. The van der Waals surface area contributed by atoms with Crippen LogP contribution in [0.15, 0.2) is 18.2 Å². The average molecular weight is 299 g/mol. The first-order valence-electron chi connectivity index (χ1n) is 9.20. The van der Waals surface area contributed by atoms with E-state index in [2.05, 4.69) is 30.9 Å². The van der Waals surface area contributed by atoms with E-state index in [1.807, 2.05) is 6.07 Å². The quantitative estimate of drug-likeness (QED) is 0.893. The highest BCUT2D eigenvalue weighted by Gasteiger charge is 2.48. The number of phenols is 1. The van der Waals surface area contributed by atoms with Crippen LogP contribution in [0.25, 0.3) is 0 Å². The zero-order valence-corrected chi connectivity index (χ0v) is 14.0. The molecule has 3 aliphatic rings. The van der Waals surface area contributed by atoms with E-state index in [4.69, 9.17) is 0 Å². The number of nitrogens with zero attached hydrogens (tertiary/aromatic N) is 1. The van der Waals surface area contributed by atoms with Gasteiger partial charge in [0, 0.05) is 12.6 Å². The second-order valence-corrected chi connectivity index (χ2v) is 8.01. The third kappa shape index (κ3) is 2.11. The lowest BCUT2D eigenvalue weighted by Gasteiger charge is -2.54. The van der Waals surface area contributed by atoms with Crippen LogP contribution in [0, 0.1) is 5.92 Å². The molecule has 1 aliphatic heterocycles. The smallest absolute Gasteiger partial charge is 0.115 e. The molecule has 1 saturated carbocycles. The lowest BCUT2D eigenvalue weighted by molar-refractivity contribution is 0.0376. The monoisotopic (exact) mass is 299 g/mol. The van der Waals surface area contributed by atoms with E-state index in [9.17, 15) is 5.11 Å². The molecule has 120 valence electrons. The van der Waals surface area contributed by atoms with Crippen LogP contribution in [0.1, 0.15) is 69.4 Å². The fourth-order valence-corrected chi connectivity index (χ4v) is 5.25. The molecule has 4 rings (SSSR count). The maximum atomic E-state index is 9.98. The summed E-state index contributed by atoms with van der Waals surface area (Å²) in [5.74, 6) is 1.99. The zero-order chi connectivity index (χ0) is 15.3. The van der Waals surface area contributed by atoms with Crippen LogP contribution in [0.3, 0.4) is 0 Å². The molecule has 2 bridgehead atoms. The number of hydrogen-bond acceptors (Lipinski definition) is 2. The Labute approximate surface area is 134 Å². The highest BCUT2D eigenvalue weighted by molar-refractivity contribution is 5.45. The van der Waals surface area contributed by atoms with Crippen molar-refractivity contribution in [1.82, 2.24) is 4.90 Å². The Hall–Kier alpha value is -1.02. The summed E-state index contributed by atoms with van der Waals surface area (Å²) in [7, 11) is 0. The molecule has 1 aromatic rings. The van der Waals surface area contributed by atoms with E-state index in [0.717, 1.165) is 5.92 Å². The molecule has 0 radical (unpaired) electrons. The van der Waals surface area contributed by atoms with Gasteiger partial charge in [-0.3, -0.25) is 4.90 Å². The second-order valence-electron chi connectivity index (χ2n) is 8.01. The number of phenolic OH excluding ortho intramolecular Hbond substituents is 1. The van der Waals surface area contributed by atoms with Crippen LogP contribution in [0.2, 0.25) is 0 Å². The standard InChI is InChI=1S/C20H29NO/c1-3-20-9-10-21(13-15-5-4-6-15)19(12-20)14(2)17-8-7-16(22)11-18(17)20/h7-8,11,14-15,19,22H,3-6,9-10,12-13H2,1-2H3. The summed E-state index contributed by atoms with van der Waals surface area (Å²) in [6.45, 7) is 7.30. The largest absolute Gasteiger partial charge is 0.508 e. The van der Waals surface area contributed by atoms with Crippen molar-refractivity contribution in [1.29, 1.82) is 0 Å². The van der Waals surface area contributed by atoms with E-state index in [0.29, 0.717) is 23.1 Å². The van der Waals surface area contributed by atoms with Crippen LogP contribution in [0.5, 0.6) is 5.75 Å². The predicted molar refractivity (Wildman–Crippen MR) is 90.4 cm³/mol. The normalized spacial score (nSPS) is 35.0. The van der Waals surface area contributed by atoms with E-state index in [-0.39, 0.29) is 0 Å². The van der Waals surface area contributed by atoms with Gasteiger partial charge in [0.05, 0.1) is 0 Å². The van der Waals surface area contributed by atoms with E-state index >= 15 is 0 Å². The lowest BCUT2D eigenvalue weighted by Crippen LogP contribution is -2.55. The van der Waals surface area contributed by atoms with Crippen LogP contribution in [0.4, 0.5) is 0 Å². The molecular weight excluding hydrogens is 270 g/mol. The number of benzene rings is 1. The first kappa shape index (κ1) is 14.6. The maximum absolute atomic E-state index is 9.98. The average Bonchev–Trinajstić information content (AvgIpc) is 2.49. The summed E-state index contributed by atoms with van der Waals surface area (Å²) >= 11 is 0. The van der Waals surface area contributed by atoms with Crippen molar-refractivity contribution in [3.05, 3.63) is 29.3 Å². The van der Waals surface area contributed by atoms with Crippen molar-refractivity contribution in [3.63, 3.8) is 0 Å². The van der Waals surface area contributed by atoms with Gasteiger partial charge in [-0.25, -0.2) is 0 Å². The highest BCUT2D eigenvalue weighted by atomic mass is 16.3. The Kier molecular flexibility index (Phi) is 3.48. The minimum Gasteiger partial charge on any atom is -0.508 e. The molecule has 22 heavy (non-hydrogen) atoms. The number of hydrogen-bond donors (Lipinski definition) is 1. The Morgan fingerprint density at radius 3 is 2.82 bits per heavy atom. The summed E-state index contributed by atoms with van der Waals surface area (Å²) in [4.78, 5) is 2.80. The third-order valence-corrected chi connectivity index (χ3v) is 7.02. The van der Waals surface area contributed by atoms with Crippen LogP contribution >= 0.6 is 0 Å². The number of piperidine rings is 1. The van der Waals surface area contributed by atoms with E-state index in [1.165, 1.54) is 62.7 Å². The maximum Gasteiger partial charge on any atom is 0.115 e. The van der Waals surface area contributed by atoms with Gasteiger partial charge in [-0.15, -0.1) is 0 Å². The molecule has 1 N–H and O–H groups in total. The van der Waals surface area contributed by atoms with Gasteiger partial charge >= 0.3 is 0 Å². The number of likely N-dealkylation sites (tertiary alicyclic amines) is 1. The first-order chi connectivity index (χ1) is 10.6. The highest BCUT2D eigenvalue weighted by Crippen LogP contribution is 2.52. The van der Waals surface area contributed by atoms with Gasteiger partial charge in [-0.05, 0) is 79.2 Å². The molecular formula is C20H29NO. The fraction of sp³-hybridized carbons (Fsp3) is 0.700.